The number of amides is 1. The molecular formula is C19H17N3O3S. The predicted octanol–water partition coefficient (Wildman–Crippen LogP) is 2.22. The van der Waals surface area contributed by atoms with E-state index < -0.39 is 21.5 Å². The van der Waals surface area contributed by atoms with E-state index >= 15 is 0 Å². The van der Waals surface area contributed by atoms with Gasteiger partial charge in [-0.2, -0.15) is 10.5 Å². The van der Waals surface area contributed by atoms with Crippen molar-refractivity contribution in [2.24, 2.45) is 0 Å². The highest BCUT2D eigenvalue weighted by molar-refractivity contribution is 7.91. The van der Waals surface area contributed by atoms with Gasteiger partial charge in [-0.25, -0.2) is 8.42 Å². The Morgan fingerprint density at radius 1 is 1.00 bits per heavy atom. The van der Waals surface area contributed by atoms with E-state index in [1.807, 2.05) is 12.1 Å². The van der Waals surface area contributed by atoms with Crippen molar-refractivity contribution in [2.45, 2.75) is 18.7 Å². The first kappa shape index (κ1) is 19.2. The summed E-state index contributed by atoms with van der Waals surface area (Å²) in [6, 6.07) is 16.5. The second kappa shape index (κ2) is 8.28. The van der Waals surface area contributed by atoms with Crippen molar-refractivity contribution in [1.82, 2.24) is 5.32 Å². The first-order valence-electron chi connectivity index (χ1n) is 7.82. The second-order valence-electron chi connectivity index (χ2n) is 5.86. The molecule has 1 atom stereocenters. The van der Waals surface area contributed by atoms with E-state index in [4.69, 9.17) is 10.5 Å². The van der Waals surface area contributed by atoms with Gasteiger partial charge in [0.25, 0.3) is 0 Å². The number of hydrogen-bond acceptors (Lipinski definition) is 5. The Kier molecular flexibility index (Phi) is 6.11. The van der Waals surface area contributed by atoms with Gasteiger partial charge in [0.2, 0.25) is 5.91 Å². The van der Waals surface area contributed by atoms with E-state index in [0.717, 1.165) is 5.56 Å². The van der Waals surface area contributed by atoms with Gasteiger partial charge in [0.15, 0.2) is 9.84 Å². The molecule has 26 heavy (non-hydrogen) atoms. The molecule has 2 aromatic carbocycles. The highest BCUT2D eigenvalue weighted by Crippen LogP contribution is 2.14. The number of carbonyl (C=O) groups is 1. The van der Waals surface area contributed by atoms with Crippen LogP contribution in [0.15, 0.2) is 48.5 Å². The van der Waals surface area contributed by atoms with Gasteiger partial charge < -0.3 is 5.32 Å². The minimum atomic E-state index is -3.63. The summed E-state index contributed by atoms with van der Waals surface area (Å²) >= 11 is 0. The molecule has 1 amide bonds. The normalized spacial score (nSPS) is 11.8. The zero-order valence-corrected chi connectivity index (χ0v) is 15.0. The minimum absolute atomic E-state index is 0.266. The fourth-order valence-corrected chi connectivity index (χ4v) is 3.68. The van der Waals surface area contributed by atoms with Crippen LogP contribution in [0.25, 0.3) is 0 Å². The monoisotopic (exact) mass is 367 g/mol. The summed E-state index contributed by atoms with van der Waals surface area (Å²) in [7, 11) is -3.63. The van der Waals surface area contributed by atoms with Crippen molar-refractivity contribution in [3.63, 3.8) is 0 Å². The number of benzene rings is 2. The highest BCUT2D eigenvalue weighted by atomic mass is 32.2. The van der Waals surface area contributed by atoms with Crippen molar-refractivity contribution < 1.29 is 13.2 Å². The number of nitrogens with zero attached hydrogens (tertiary/aromatic N) is 2. The summed E-state index contributed by atoms with van der Waals surface area (Å²) in [6.07, 6.45) is 0. The molecule has 0 saturated heterocycles. The van der Waals surface area contributed by atoms with Crippen LogP contribution in [0.4, 0.5) is 0 Å². The number of rotatable bonds is 6. The lowest BCUT2D eigenvalue weighted by Crippen LogP contribution is -2.32. The predicted molar refractivity (Wildman–Crippen MR) is 96.4 cm³/mol. The van der Waals surface area contributed by atoms with Crippen LogP contribution >= 0.6 is 0 Å². The standard InChI is InChI=1S/C19H17N3O3S/c1-14(18-8-6-16(11-21)7-9-18)22-19(23)13-26(24,25)12-17-4-2-15(10-20)3-5-17/h2-9,14H,12-13H2,1H3,(H,22,23)/t14-/m0/s1. The summed E-state index contributed by atoms with van der Waals surface area (Å²) in [6.45, 7) is 1.74. The smallest absolute Gasteiger partial charge is 0.235 e. The summed E-state index contributed by atoms with van der Waals surface area (Å²) in [5.41, 5.74) is 2.26. The topological polar surface area (TPSA) is 111 Å². The molecule has 2 rings (SSSR count). The lowest BCUT2D eigenvalue weighted by atomic mass is 10.1. The maximum absolute atomic E-state index is 12.2. The van der Waals surface area contributed by atoms with Gasteiger partial charge in [-0.1, -0.05) is 24.3 Å². The first-order valence-corrected chi connectivity index (χ1v) is 9.64. The van der Waals surface area contributed by atoms with Crippen molar-refractivity contribution in [3.8, 4) is 12.1 Å². The van der Waals surface area contributed by atoms with Crippen LogP contribution < -0.4 is 5.32 Å². The molecule has 0 bridgehead atoms. The van der Waals surface area contributed by atoms with Crippen LogP contribution in [0, 0.1) is 22.7 Å². The SMILES string of the molecule is C[C@H](NC(=O)CS(=O)(=O)Cc1ccc(C#N)cc1)c1ccc(C#N)cc1. The van der Waals surface area contributed by atoms with Crippen LogP contribution in [-0.4, -0.2) is 20.1 Å². The molecule has 0 spiro atoms. The second-order valence-corrected chi connectivity index (χ2v) is 7.93. The number of hydrogen-bond donors (Lipinski definition) is 1. The van der Waals surface area contributed by atoms with Gasteiger partial charge in [-0.05, 0) is 42.3 Å². The average molecular weight is 367 g/mol. The number of sulfone groups is 1. The third kappa shape index (κ3) is 5.44. The van der Waals surface area contributed by atoms with E-state index in [0.29, 0.717) is 16.7 Å². The minimum Gasteiger partial charge on any atom is -0.349 e. The van der Waals surface area contributed by atoms with Crippen molar-refractivity contribution in [2.75, 3.05) is 5.75 Å². The van der Waals surface area contributed by atoms with Crippen LogP contribution in [0.3, 0.4) is 0 Å². The molecule has 0 radical (unpaired) electrons. The van der Waals surface area contributed by atoms with Crippen LogP contribution in [0.2, 0.25) is 0 Å². The number of nitriles is 2. The lowest BCUT2D eigenvalue weighted by Gasteiger charge is -2.14. The molecule has 0 saturated carbocycles. The number of nitrogens with one attached hydrogen (secondary N) is 1. The summed E-state index contributed by atoms with van der Waals surface area (Å²) in [4.78, 5) is 12.1. The maximum atomic E-state index is 12.2. The Balaban J connectivity index is 1.96. The molecule has 2 aromatic rings. The van der Waals surface area contributed by atoms with Crippen LogP contribution in [0.1, 0.15) is 35.2 Å². The molecule has 0 aliphatic carbocycles. The van der Waals surface area contributed by atoms with Crippen molar-refractivity contribution in [3.05, 3.63) is 70.8 Å². The molecule has 0 fully saturated rings. The molecule has 0 aliphatic heterocycles. The van der Waals surface area contributed by atoms with E-state index in [-0.39, 0.29) is 11.8 Å². The van der Waals surface area contributed by atoms with E-state index in [9.17, 15) is 13.2 Å². The van der Waals surface area contributed by atoms with Crippen molar-refractivity contribution >= 4 is 15.7 Å². The quantitative estimate of drug-likeness (QED) is 0.841. The van der Waals surface area contributed by atoms with Gasteiger partial charge in [0, 0.05) is 0 Å². The molecule has 7 heteroatoms. The molecule has 0 aliphatic rings. The zero-order valence-electron chi connectivity index (χ0n) is 14.1. The third-order valence-electron chi connectivity index (χ3n) is 3.74. The van der Waals surface area contributed by atoms with Gasteiger partial charge in [0.1, 0.15) is 5.75 Å². The Morgan fingerprint density at radius 2 is 1.50 bits per heavy atom. The van der Waals surface area contributed by atoms with E-state index in [1.54, 1.807) is 43.3 Å². The van der Waals surface area contributed by atoms with Gasteiger partial charge >= 0.3 is 0 Å². The highest BCUT2D eigenvalue weighted by Gasteiger charge is 2.19. The van der Waals surface area contributed by atoms with E-state index in [1.165, 1.54) is 12.1 Å². The van der Waals surface area contributed by atoms with Gasteiger partial charge in [0.05, 0.1) is 35.1 Å². The molecule has 0 unspecified atom stereocenters. The van der Waals surface area contributed by atoms with Gasteiger partial charge in [-0.15, -0.1) is 0 Å². The summed E-state index contributed by atoms with van der Waals surface area (Å²) in [5, 5.41) is 20.2. The third-order valence-corrected chi connectivity index (χ3v) is 5.21. The number of carbonyl (C=O) groups excluding carboxylic acids is 1. The van der Waals surface area contributed by atoms with E-state index in [2.05, 4.69) is 5.32 Å². The fraction of sp³-hybridized carbons (Fsp3) is 0.211. The van der Waals surface area contributed by atoms with Crippen LogP contribution in [0.5, 0.6) is 0 Å². The molecule has 0 heterocycles. The molecule has 1 N–H and O–H groups in total. The Labute approximate surface area is 152 Å². The first-order chi connectivity index (χ1) is 12.3. The Hall–Kier alpha value is -3.16. The maximum Gasteiger partial charge on any atom is 0.235 e. The fourth-order valence-electron chi connectivity index (χ4n) is 2.39. The molecule has 6 nitrogen and oxygen atoms in total. The van der Waals surface area contributed by atoms with Gasteiger partial charge in [-0.3, -0.25) is 4.79 Å². The Bertz CT molecular complexity index is 967. The largest absolute Gasteiger partial charge is 0.349 e. The average Bonchev–Trinajstić information content (AvgIpc) is 2.61. The Morgan fingerprint density at radius 3 is 2.00 bits per heavy atom. The van der Waals surface area contributed by atoms with Crippen LogP contribution in [-0.2, 0) is 20.4 Å². The zero-order chi connectivity index (χ0) is 19.2. The molecular weight excluding hydrogens is 350 g/mol. The molecule has 0 aromatic heterocycles. The molecule has 132 valence electrons. The summed E-state index contributed by atoms with van der Waals surface area (Å²) < 4.78 is 24.4. The summed E-state index contributed by atoms with van der Waals surface area (Å²) in [5.74, 6) is -1.47. The lowest BCUT2D eigenvalue weighted by molar-refractivity contribution is -0.119. The van der Waals surface area contributed by atoms with Crippen molar-refractivity contribution in [1.29, 1.82) is 10.5 Å².